The smallest absolute Gasteiger partial charge is 0.313 e. The molecule has 1 fully saturated rings. The average Bonchev–Trinajstić information content (AvgIpc) is 2.90. The fraction of sp³-hybridized carbons (Fsp3) is 0.480. The number of nitro benzene ring substituents is 1. The van der Waals surface area contributed by atoms with E-state index < -0.39 is 4.92 Å². The quantitative estimate of drug-likeness (QED) is 0.162. The summed E-state index contributed by atoms with van der Waals surface area (Å²) in [5.74, 6) is 0.416. The van der Waals surface area contributed by atoms with Crippen molar-refractivity contribution in [2.45, 2.75) is 6.42 Å². The van der Waals surface area contributed by atoms with E-state index in [1.165, 1.54) is 12.1 Å². The first-order chi connectivity index (χ1) is 18.0. The summed E-state index contributed by atoms with van der Waals surface area (Å²) in [5, 5.41) is 11.7. The maximum Gasteiger partial charge on any atom is 0.313 e. The molecule has 0 unspecified atom stereocenters. The molecule has 1 saturated heterocycles. The molecule has 37 heavy (non-hydrogen) atoms. The highest BCUT2D eigenvalue weighted by Crippen LogP contribution is 2.36. The zero-order valence-electron chi connectivity index (χ0n) is 20.7. The fourth-order valence-electron chi connectivity index (χ4n) is 4.19. The maximum absolute atomic E-state index is 13.4. The van der Waals surface area contributed by atoms with Gasteiger partial charge in [0.15, 0.2) is 12.5 Å². The summed E-state index contributed by atoms with van der Waals surface area (Å²) in [6, 6.07) is 8.14. The molecule has 1 amide bonds. The second kappa shape index (κ2) is 13.2. The maximum atomic E-state index is 13.4. The molecule has 0 saturated carbocycles. The molecule has 2 aliphatic heterocycles. The van der Waals surface area contributed by atoms with Gasteiger partial charge in [0, 0.05) is 44.9 Å². The molecule has 4 rings (SSSR count). The van der Waals surface area contributed by atoms with Crippen LogP contribution in [0.3, 0.4) is 0 Å². The third-order valence-corrected chi connectivity index (χ3v) is 6.81. The van der Waals surface area contributed by atoms with Gasteiger partial charge in [-0.2, -0.15) is 0 Å². The third kappa shape index (κ3) is 6.96. The van der Waals surface area contributed by atoms with Crippen LogP contribution in [-0.4, -0.2) is 88.8 Å². The molecule has 0 bridgehead atoms. The lowest BCUT2D eigenvalue weighted by Crippen LogP contribution is -2.39. The van der Waals surface area contributed by atoms with Gasteiger partial charge in [-0.3, -0.25) is 19.8 Å². The number of fused-ring (bicyclic) bond motifs is 1. The van der Waals surface area contributed by atoms with E-state index in [0.717, 1.165) is 42.9 Å². The van der Waals surface area contributed by atoms with Crippen molar-refractivity contribution < 1.29 is 33.4 Å². The molecule has 2 heterocycles. The summed E-state index contributed by atoms with van der Waals surface area (Å²) in [4.78, 5) is 28.4. The third-order valence-electron chi connectivity index (χ3n) is 6.19. The summed E-state index contributed by atoms with van der Waals surface area (Å²) in [5.41, 5.74) is 1.60. The van der Waals surface area contributed by atoms with E-state index in [-0.39, 0.29) is 24.1 Å². The van der Waals surface area contributed by atoms with Gasteiger partial charge in [-0.1, -0.05) is 0 Å². The van der Waals surface area contributed by atoms with Crippen LogP contribution < -0.4 is 14.4 Å². The Hall–Kier alpha value is -2.77. The zero-order chi connectivity index (χ0) is 26.2. The van der Waals surface area contributed by atoms with Crippen LogP contribution in [0.5, 0.6) is 11.5 Å². The van der Waals surface area contributed by atoms with Crippen LogP contribution >= 0.6 is 15.9 Å². The Morgan fingerprint density at radius 3 is 2.62 bits per heavy atom. The van der Waals surface area contributed by atoms with Gasteiger partial charge in [0.05, 0.1) is 41.5 Å². The second-order valence-corrected chi connectivity index (χ2v) is 9.38. The average molecular weight is 580 g/mol. The molecule has 2 aromatic rings. The monoisotopic (exact) mass is 579 g/mol. The van der Waals surface area contributed by atoms with Gasteiger partial charge in [-0.15, -0.1) is 0 Å². The van der Waals surface area contributed by atoms with Crippen molar-refractivity contribution >= 4 is 33.2 Å². The van der Waals surface area contributed by atoms with Crippen molar-refractivity contribution in [3.05, 3.63) is 56.0 Å². The van der Waals surface area contributed by atoms with E-state index in [2.05, 4.69) is 20.8 Å². The highest BCUT2D eigenvalue weighted by atomic mass is 79.9. The number of rotatable bonds is 12. The molecule has 2 aliphatic rings. The number of amides is 1. The highest BCUT2D eigenvalue weighted by molar-refractivity contribution is 9.10. The number of hydrogen-bond acceptors (Lipinski definition) is 9. The van der Waals surface area contributed by atoms with Gasteiger partial charge in [0.25, 0.3) is 5.91 Å². The van der Waals surface area contributed by atoms with Crippen LogP contribution in [0.1, 0.15) is 15.9 Å². The Morgan fingerprint density at radius 2 is 1.86 bits per heavy atom. The van der Waals surface area contributed by atoms with Crippen molar-refractivity contribution in [3.63, 3.8) is 0 Å². The number of ether oxygens (including phenoxy) is 5. The van der Waals surface area contributed by atoms with Gasteiger partial charge < -0.3 is 28.6 Å². The van der Waals surface area contributed by atoms with Crippen molar-refractivity contribution in [3.8, 4) is 11.5 Å². The van der Waals surface area contributed by atoms with E-state index in [0.29, 0.717) is 49.8 Å². The van der Waals surface area contributed by atoms with Crippen LogP contribution in [-0.2, 0) is 20.6 Å². The van der Waals surface area contributed by atoms with Crippen LogP contribution in [0.4, 0.5) is 11.4 Å². The normalized spacial score (nSPS) is 15.9. The lowest BCUT2D eigenvalue weighted by Gasteiger charge is -2.29. The fourth-order valence-corrected chi connectivity index (χ4v) is 4.70. The molecule has 0 spiro atoms. The molecule has 0 aromatic heterocycles. The first-order valence-corrected chi connectivity index (χ1v) is 12.8. The number of methoxy groups -OCH3 is 1. The number of carbonyl (C=O) groups excluding carboxylic acids is 1. The van der Waals surface area contributed by atoms with Crippen molar-refractivity contribution in [1.29, 1.82) is 0 Å². The Bertz CT molecular complexity index is 1110. The second-order valence-electron chi connectivity index (χ2n) is 8.52. The molecule has 12 heteroatoms. The molecule has 0 atom stereocenters. The van der Waals surface area contributed by atoms with Crippen LogP contribution in [0, 0.1) is 10.1 Å². The number of carbonyl (C=O) groups is 1. The highest BCUT2D eigenvalue weighted by Gasteiger charge is 2.29. The van der Waals surface area contributed by atoms with Crippen molar-refractivity contribution in [1.82, 2.24) is 4.90 Å². The summed E-state index contributed by atoms with van der Waals surface area (Å²) >= 11 is 3.56. The molecule has 0 aliphatic carbocycles. The summed E-state index contributed by atoms with van der Waals surface area (Å²) in [6.07, 6.45) is 0.604. The number of nitrogens with zero attached hydrogens (tertiary/aromatic N) is 3. The molecule has 0 N–H and O–H groups in total. The largest absolute Gasteiger partial charge is 0.491 e. The van der Waals surface area contributed by atoms with E-state index in [9.17, 15) is 14.9 Å². The van der Waals surface area contributed by atoms with Gasteiger partial charge in [0.1, 0.15) is 12.4 Å². The summed E-state index contributed by atoms with van der Waals surface area (Å²) < 4.78 is 27.7. The molecular formula is C25H30BrN3O8. The van der Waals surface area contributed by atoms with Crippen LogP contribution in [0.25, 0.3) is 0 Å². The Morgan fingerprint density at radius 1 is 1.05 bits per heavy atom. The van der Waals surface area contributed by atoms with Gasteiger partial charge in [-0.05, 0) is 52.2 Å². The minimum atomic E-state index is -0.534. The van der Waals surface area contributed by atoms with E-state index in [4.69, 9.17) is 23.7 Å². The first-order valence-electron chi connectivity index (χ1n) is 12.0. The predicted molar refractivity (Wildman–Crippen MR) is 139 cm³/mol. The number of morpholine rings is 1. The topological polar surface area (TPSA) is 113 Å². The minimum Gasteiger partial charge on any atom is -0.491 e. The number of anilines is 1. The number of benzene rings is 2. The SMILES string of the molecule is COCCOCOc1ccc(N2CCc3cc(Br)c(OCCN4CCOCC4)cc3C2=O)cc1[N+](=O)[O-]. The number of halogens is 1. The Labute approximate surface area is 223 Å². The molecule has 2 aromatic carbocycles. The lowest BCUT2D eigenvalue weighted by molar-refractivity contribution is -0.386. The van der Waals surface area contributed by atoms with Gasteiger partial charge in [0.2, 0.25) is 0 Å². The molecule has 200 valence electrons. The Balaban J connectivity index is 1.46. The van der Waals surface area contributed by atoms with Gasteiger partial charge >= 0.3 is 5.69 Å². The standard InChI is InChI=1S/C25H30BrN3O8/c1-33-12-13-35-17-37-23-3-2-19(15-22(23)29(31)32)28-5-4-18-14-21(26)24(16-20(18)25(28)30)36-11-8-27-6-9-34-10-7-27/h2-3,14-16H,4-13,17H2,1H3. The summed E-state index contributed by atoms with van der Waals surface area (Å²) in [6.45, 7) is 5.38. The summed E-state index contributed by atoms with van der Waals surface area (Å²) in [7, 11) is 1.55. The molecular weight excluding hydrogens is 550 g/mol. The van der Waals surface area contributed by atoms with Gasteiger partial charge in [-0.25, -0.2) is 0 Å². The van der Waals surface area contributed by atoms with E-state index in [1.807, 2.05) is 6.07 Å². The van der Waals surface area contributed by atoms with Crippen LogP contribution in [0.2, 0.25) is 0 Å². The lowest BCUT2D eigenvalue weighted by atomic mass is 9.98. The van der Waals surface area contributed by atoms with Crippen LogP contribution in [0.15, 0.2) is 34.8 Å². The van der Waals surface area contributed by atoms with E-state index in [1.54, 1.807) is 24.1 Å². The van der Waals surface area contributed by atoms with E-state index >= 15 is 0 Å². The number of hydrogen-bond donors (Lipinski definition) is 0. The van der Waals surface area contributed by atoms with Crippen molar-refractivity contribution in [2.24, 2.45) is 0 Å². The molecule has 0 radical (unpaired) electrons. The zero-order valence-corrected chi connectivity index (χ0v) is 22.2. The number of nitro groups is 1. The first kappa shape index (κ1) is 27.3. The van der Waals surface area contributed by atoms with Crippen molar-refractivity contribution in [2.75, 3.05) is 78.0 Å². The predicted octanol–water partition coefficient (Wildman–Crippen LogP) is 3.27. The Kier molecular flexibility index (Phi) is 9.69. The minimum absolute atomic E-state index is 0.0657. The molecule has 11 nitrogen and oxygen atoms in total.